The second kappa shape index (κ2) is 17.8. The Kier molecular flexibility index (Phi) is 29.2. The van der Waals surface area contributed by atoms with Gasteiger partial charge in [-0.05, 0) is 48.9 Å². The van der Waals surface area contributed by atoms with Crippen molar-refractivity contribution in [3.05, 3.63) is 9.54 Å². The second-order valence-electron chi connectivity index (χ2n) is 2.01. The molecular formula is C4H13ClLiN7O2S4. The van der Waals surface area contributed by atoms with Crippen LogP contribution in [0.3, 0.4) is 0 Å². The SMILES string of the molecule is Cl.NC(=S)NNC(N)=S.O.S=c1[nH][nH]c(=S)[nH]1.[Li+].[OH-]. The zero-order chi connectivity index (χ0) is 11.8. The van der Waals surface area contributed by atoms with Gasteiger partial charge in [-0.2, -0.15) is 0 Å². The summed E-state index contributed by atoms with van der Waals surface area (Å²) in [5.41, 5.74) is 14.6. The molecule has 0 amide bonds. The Morgan fingerprint density at radius 3 is 1.32 bits per heavy atom. The van der Waals surface area contributed by atoms with Gasteiger partial charge >= 0.3 is 18.9 Å². The van der Waals surface area contributed by atoms with Crippen molar-refractivity contribution < 1.29 is 29.8 Å². The summed E-state index contributed by atoms with van der Waals surface area (Å²) in [6, 6.07) is 0. The molecule has 0 aliphatic rings. The van der Waals surface area contributed by atoms with E-state index in [4.69, 9.17) is 11.5 Å². The zero-order valence-electron chi connectivity index (χ0n) is 9.64. The van der Waals surface area contributed by atoms with Gasteiger partial charge in [-0.25, -0.2) is 0 Å². The maximum Gasteiger partial charge on any atom is 1.00 e. The minimum absolute atomic E-state index is 0. The third-order valence-electron chi connectivity index (χ3n) is 0.826. The predicted octanol–water partition coefficient (Wildman–Crippen LogP) is -3.88. The largest absolute Gasteiger partial charge is 1.00 e. The average Bonchev–Trinajstić information content (AvgIpc) is 2.47. The van der Waals surface area contributed by atoms with Gasteiger partial charge in [0.15, 0.2) is 19.8 Å². The molecule has 1 rings (SSSR count). The van der Waals surface area contributed by atoms with Crippen LogP contribution in [-0.4, -0.2) is 36.4 Å². The van der Waals surface area contributed by atoms with Crippen LogP contribution in [0.25, 0.3) is 0 Å². The number of H-pyrrole nitrogens is 3. The molecule has 0 bridgehead atoms. The van der Waals surface area contributed by atoms with Crippen molar-refractivity contribution in [2.45, 2.75) is 0 Å². The molecule has 1 aromatic heterocycles. The van der Waals surface area contributed by atoms with Gasteiger partial charge in [-0.15, -0.1) is 12.4 Å². The summed E-state index contributed by atoms with van der Waals surface area (Å²) in [4.78, 5) is 2.66. The summed E-state index contributed by atoms with van der Waals surface area (Å²) in [5, 5.41) is 5.41. The molecule has 108 valence electrons. The van der Waals surface area contributed by atoms with Crippen LogP contribution < -0.4 is 41.2 Å². The van der Waals surface area contributed by atoms with E-state index in [0.29, 0.717) is 9.54 Å². The summed E-state index contributed by atoms with van der Waals surface area (Å²) in [5.74, 6) is 0. The van der Waals surface area contributed by atoms with Crippen molar-refractivity contribution in [1.82, 2.24) is 26.0 Å². The molecule has 0 aliphatic heterocycles. The number of nitrogens with one attached hydrogen (secondary N) is 5. The van der Waals surface area contributed by atoms with Crippen LogP contribution in [0.15, 0.2) is 0 Å². The average molecular weight is 362 g/mol. The standard InChI is InChI=1S/C2H6N4S2.C2H3N3S2.ClH.Li.2H2O/c3-1(7)5-6-2(4)8;6-1-3-2(7)5-4-1;;;;/h(H3,3,5,7)(H3,4,6,8);(H3,3,4,5,6,7);1H;;2*1H2/q;;;+1;;/p-1. The fourth-order valence-electron chi connectivity index (χ4n) is 0.402. The number of hydrogen-bond donors (Lipinski definition) is 7. The van der Waals surface area contributed by atoms with E-state index < -0.39 is 0 Å². The first-order valence-corrected chi connectivity index (χ1v) is 5.03. The fourth-order valence-corrected chi connectivity index (χ4v) is 0.875. The number of thiocarbonyl (C=S) groups is 2. The molecule has 0 saturated carbocycles. The molecule has 9 nitrogen and oxygen atoms in total. The minimum atomic E-state index is 0. The summed E-state index contributed by atoms with van der Waals surface area (Å²) in [6.45, 7) is 0. The molecule has 0 fully saturated rings. The van der Waals surface area contributed by atoms with Crippen LogP contribution >= 0.6 is 61.3 Å². The van der Waals surface area contributed by atoms with Crippen LogP contribution in [-0.2, 0) is 0 Å². The topological polar surface area (TPSA) is 185 Å². The zero-order valence-corrected chi connectivity index (χ0v) is 13.7. The Labute approximate surface area is 147 Å². The Morgan fingerprint density at radius 2 is 1.21 bits per heavy atom. The smallest absolute Gasteiger partial charge is 0.870 e. The van der Waals surface area contributed by atoms with E-state index in [9.17, 15) is 0 Å². The van der Waals surface area contributed by atoms with E-state index in [1.54, 1.807) is 0 Å². The van der Waals surface area contributed by atoms with Gasteiger partial charge in [0.05, 0.1) is 0 Å². The Balaban J connectivity index is -0.0000000569. The molecule has 1 aromatic rings. The molecule has 15 heteroatoms. The monoisotopic (exact) mass is 361 g/mol. The molecule has 12 N–H and O–H groups in total. The minimum Gasteiger partial charge on any atom is -0.870 e. The van der Waals surface area contributed by atoms with Crippen LogP contribution in [0.4, 0.5) is 0 Å². The van der Waals surface area contributed by atoms with Crippen molar-refractivity contribution in [2.24, 2.45) is 11.5 Å². The molecule has 0 aromatic carbocycles. The normalized spacial score (nSPS) is 6.53. The van der Waals surface area contributed by atoms with Crippen molar-refractivity contribution in [2.75, 3.05) is 0 Å². The van der Waals surface area contributed by atoms with E-state index in [2.05, 4.69) is 74.9 Å². The Bertz CT molecular complexity index is 408. The maximum absolute atomic E-state index is 4.98. The summed E-state index contributed by atoms with van der Waals surface area (Å²) < 4.78 is 1.06. The van der Waals surface area contributed by atoms with Gasteiger partial charge in [0.2, 0.25) is 0 Å². The number of rotatable bonds is 0. The first-order chi connectivity index (χ1) is 6.91. The van der Waals surface area contributed by atoms with Gasteiger partial charge < -0.3 is 27.4 Å². The summed E-state index contributed by atoms with van der Waals surface area (Å²) in [6.07, 6.45) is 0. The van der Waals surface area contributed by atoms with Gasteiger partial charge in [-0.1, -0.05) is 0 Å². The van der Waals surface area contributed by atoms with E-state index in [-0.39, 0.29) is 52.4 Å². The second-order valence-corrected chi connectivity index (χ2v) is 3.71. The quantitative estimate of drug-likeness (QED) is 0.138. The number of aromatic amines is 3. The Hall–Kier alpha value is -0.233. The van der Waals surface area contributed by atoms with E-state index in [0.717, 1.165) is 0 Å². The molecule has 0 spiro atoms. The number of halogens is 1. The molecule has 0 aliphatic carbocycles. The van der Waals surface area contributed by atoms with Crippen molar-refractivity contribution in [3.8, 4) is 0 Å². The first kappa shape index (κ1) is 31.3. The van der Waals surface area contributed by atoms with Crippen LogP contribution in [0.1, 0.15) is 0 Å². The van der Waals surface area contributed by atoms with Crippen molar-refractivity contribution in [3.63, 3.8) is 0 Å². The predicted molar refractivity (Wildman–Crippen MR) is 83.8 cm³/mol. The first-order valence-electron chi connectivity index (χ1n) is 3.39. The van der Waals surface area contributed by atoms with Crippen molar-refractivity contribution >= 4 is 71.5 Å². The number of hydrazine groups is 1. The Morgan fingerprint density at radius 1 is 0.947 bits per heavy atom. The van der Waals surface area contributed by atoms with Crippen molar-refractivity contribution in [1.29, 1.82) is 0 Å². The number of aromatic nitrogens is 3. The van der Waals surface area contributed by atoms with Crippen LogP contribution in [0.2, 0.25) is 0 Å². The maximum atomic E-state index is 4.98. The van der Waals surface area contributed by atoms with E-state index in [1.165, 1.54) is 0 Å². The van der Waals surface area contributed by atoms with Gasteiger partial charge in [-0.3, -0.25) is 21.0 Å². The van der Waals surface area contributed by atoms with Crippen LogP contribution in [0.5, 0.6) is 0 Å². The van der Waals surface area contributed by atoms with E-state index in [1.807, 2.05) is 0 Å². The van der Waals surface area contributed by atoms with E-state index >= 15 is 0 Å². The fraction of sp³-hybridized carbons (Fsp3) is 0. The molecule has 0 radical (unpaired) electrons. The number of hydrogen-bond acceptors (Lipinski definition) is 5. The summed E-state index contributed by atoms with van der Waals surface area (Å²) in [7, 11) is 0. The molecular weight excluding hydrogens is 349 g/mol. The van der Waals surface area contributed by atoms with Gasteiger partial charge in [0, 0.05) is 0 Å². The number of nitrogens with two attached hydrogens (primary N) is 2. The third kappa shape index (κ3) is 23.3. The van der Waals surface area contributed by atoms with Gasteiger partial charge in [0.1, 0.15) is 0 Å². The van der Waals surface area contributed by atoms with Crippen LogP contribution in [0, 0.1) is 9.54 Å². The molecule has 1 heterocycles. The third-order valence-corrected chi connectivity index (χ3v) is 1.44. The molecule has 0 unspecified atom stereocenters. The molecule has 19 heavy (non-hydrogen) atoms. The van der Waals surface area contributed by atoms with Gasteiger partial charge in [0.25, 0.3) is 0 Å². The molecule has 0 saturated heterocycles. The summed E-state index contributed by atoms with van der Waals surface area (Å²) >= 11 is 18.1. The molecule has 0 atom stereocenters.